The first kappa shape index (κ1) is 17.6. The summed E-state index contributed by atoms with van der Waals surface area (Å²) in [6, 6.07) is 13.0. The second kappa shape index (κ2) is 7.79. The summed E-state index contributed by atoms with van der Waals surface area (Å²) in [7, 11) is 1.29. The molecular weight excluding hydrogens is 358 g/mol. The first-order valence-corrected chi connectivity index (χ1v) is 8.44. The van der Waals surface area contributed by atoms with Crippen LogP contribution >= 0.6 is 11.8 Å². The maximum Gasteiger partial charge on any atom is 0.373 e. The largest absolute Gasteiger partial charge is 0.463 e. The number of carbonyl (C=O) groups is 1. The van der Waals surface area contributed by atoms with E-state index in [9.17, 15) is 14.9 Å². The van der Waals surface area contributed by atoms with Gasteiger partial charge in [-0.05, 0) is 24.3 Å². The number of esters is 1. The number of furan rings is 1. The van der Waals surface area contributed by atoms with Gasteiger partial charge in [-0.1, -0.05) is 23.9 Å². The van der Waals surface area contributed by atoms with E-state index in [0.29, 0.717) is 27.8 Å². The van der Waals surface area contributed by atoms with Crippen LogP contribution in [0.3, 0.4) is 0 Å². The van der Waals surface area contributed by atoms with E-state index in [1.807, 2.05) is 0 Å². The molecule has 2 heterocycles. The van der Waals surface area contributed by atoms with E-state index < -0.39 is 10.9 Å². The second-order valence-corrected chi connectivity index (χ2v) is 6.11. The minimum absolute atomic E-state index is 0.00183. The maximum atomic E-state index is 11.4. The Balaban J connectivity index is 1.66. The Morgan fingerprint density at radius 1 is 1.23 bits per heavy atom. The van der Waals surface area contributed by atoms with Crippen molar-refractivity contribution in [1.29, 1.82) is 0 Å². The van der Waals surface area contributed by atoms with E-state index >= 15 is 0 Å². The van der Waals surface area contributed by atoms with E-state index in [-0.39, 0.29) is 11.4 Å². The number of methoxy groups -OCH3 is 1. The summed E-state index contributed by atoms with van der Waals surface area (Å²) in [4.78, 5) is 21.8. The molecule has 132 valence electrons. The van der Waals surface area contributed by atoms with E-state index in [0.717, 1.165) is 0 Å². The molecule has 0 saturated carbocycles. The molecule has 3 aromatic rings. The monoisotopic (exact) mass is 371 g/mol. The zero-order valence-corrected chi connectivity index (χ0v) is 14.4. The van der Waals surface area contributed by atoms with Crippen molar-refractivity contribution in [2.24, 2.45) is 0 Å². The van der Waals surface area contributed by atoms with Gasteiger partial charge >= 0.3 is 5.97 Å². The Hall–Kier alpha value is -3.20. The highest BCUT2D eigenvalue weighted by Gasteiger charge is 2.12. The lowest BCUT2D eigenvalue weighted by Gasteiger charge is -2.02. The lowest BCUT2D eigenvalue weighted by atomic mass is 10.1. The molecule has 0 spiro atoms. The Bertz CT molecular complexity index is 940. The van der Waals surface area contributed by atoms with Crippen molar-refractivity contribution in [3.8, 4) is 11.3 Å². The van der Waals surface area contributed by atoms with Gasteiger partial charge in [-0.15, -0.1) is 10.2 Å². The molecule has 0 atom stereocenters. The smallest absolute Gasteiger partial charge is 0.373 e. The molecule has 0 unspecified atom stereocenters. The molecule has 0 bridgehead atoms. The fourth-order valence-electron chi connectivity index (χ4n) is 2.14. The zero-order chi connectivity index (χ0) is 18.5. The number of hydrogen-bond acceptors (Lipinski definition) is 8. The first-order chi connectivity index (χ1) is 12.6. The summed E-state index contributed by atoms with van der Waals surface area (Å²) in [6.07, 6.45) is 0. The molecule has 0 amide bonds. The van der Waals surface area contributed by atoms with Crippen molar-refractivity contribution >= 4 is 23.4 Å². The molecule has 3 rings (SSSR count). The molecule has 0 aliphatic carbocycles. The lowest BCUT2D eigenvalue weighted by Crippen LogP contribution is -1.98. The van der Waals surface area contributed by atoms with Crippen molar-refractivity contribution in [2.45, 2.75) is 10.8 Å². The van der Waals surface area contributed by atoms with Gasteiger partial charge < -0.3 is 9.15 Å². The standard InChI is InChI=1S/C17H13N3O5S/c1-24-17(21)15-7-5-13(25-15)10-26-16-8-6-14(18-19-16)11-3-2-4-12(9-11)20(22)23/h2-9H,10H2,1H3. The second-order valence-electron chi connectivity index (χ2n) is 5.11. The SMILES string of the molecule is COC(=O)c1ccc(CSc2ccc(-c3cccc([N+](=O)[O-])c3)nn2)o1. The third-order valence-corrected chi connectivity index (χ3v) is 4.35. The summed E-state index contributed by atoms with van der Waals surface area (Å²) in [6.45, 7) is 0. The van der Waals surface area contributed by atoms with Gasteiger partial charge in [0, 0.05) is 17.7 Å². The fourth-order valence-corrected chi connectivity index (χ4v) is 2.85. The molecule has 0 aliphatic heterocycles. The molecule has 0 saturated heterocycles. The van der Waals surface area contributed by atoms with Gasteiger partial charge in [0.05, 0.1) is 23.5 Å². The molecule has 1 aromatic carbocycles. The van der Waals surface area contributed by atoms with Crippen LogP contribution in [-0.2, 0) is 10.5 Å². The number of ether oxygens (including phenoxy) is 1. The van der Waals surface area contributed by atoms with Crippen LogP contribution in [0.5, 0.6) is 0 Å². The number of nitrogens with zero attached hydrogens (tertiary/aromatic N) is 3. The van der Waals surface area contributed by atoms with Crippen LogP contribution in [0.4, 0.5) is 5.69 Å². The van der Waals surface area contributed by atoms with Gasteiger partial charge in [0.15, 0.2) is 0 Å². The predicted octanol–water partition coefficient (Wildman–Crippen LogP) is 3.72. The molecule has 0 radical (unpaired) electrons. The number of carbonyl (C=O) groups excluding carboxylic acids is 1. The van der Waals surface area contributed by atoms with E-state index in [1.54, 1.807) is 36.4 Å². The molecule has 8 nitrogen and oxygen atoms in total. The third-order valence-electron chi connectivity index (χ3n) is 3.40. The van der Waals surface area contributed by atoms with Crippen LogP contribution < -0.4 is 0 Å². The minimum atomic E-state index is -0.526. The maximum absolute atomic E-state index is 11.4. The summed E-state index contributed by atoms with van der Waals surface area (Å²) in [5.74, 6) is 0.708. The summed E-state index contributed by atoms with van der Waals surface area (Å²) in [5.41, 5.74) is 1.17. The predicted molar refractivity (Wildman–Crippen MR) is 93.7 cm³/mol. The number of rotatable bonds is 6. The molecular formula is C17H13N3O5S. The molecule has 0 aliphatic rings. The zero-order valence-electron chi connectivity index (χ0n) is 13.6. The minimum Gasteiger partial charge on any atom is -0.463 e. The quantitative estimate of drug-likeness (QED) is 0.279. The summed E-state index contributed by atoms with van der Waals surface area (Å²) >= 11 is 1.39. The van der Waals surface area contributed by atoms with Crippen LogP contribution in [0.2, 0.25) is 0 Å². The Morgan fingerprint density at radius 2 is 2.08 bits per heavy atom. The number of nitro groups is 1. The molecule has 0 N–H and O–H groups in total. The number of non-ortho nitro benzene ring substituents is 1. The highest BCUT2D eigenvalue weighted by molar-refractivity contribution is 7.98. The van der Waals surface area contributed by atoms with E-state index in [4.69, 9.17) is 4.42 Å². The van der Waals surface area contributed by atoms with Crippen molar-refractivity contribution in [3.05, 3.63) is 70.2 Å². The van der Waals surface area contributed by atoms with Gasteiger partial charge in [-0.25, -0.2) is 4.79 Å². The number of nitro benzene ring substituents is 1. The van der Waals surface area contributed by atoms with Crippen molar-refractivity contribution in [2.75, 3.05) is 7.11 Å². The average Bonchev–Trinajstić information content (AvgIpc) is 3.15. The highest BCUT2D eigenvalue weighted by Crippen LogP contribution is 2.25. The molecule has 2 aromatic heterocycles. The fraction of sp³-hybridized carbons (Fsp3) is 0.118. The highest BCUT2D eigenvalue weighted by atomic mass is 32.2. The van der Waals surface area contributed by atoms with Gasteiger partial charge in [0.1, 0.15) is 10.8 Å². The van der Waals surface area contributed by atoms with Crippen LogP contribution in [0, 0.1) is 10.1 Å². The van der Waals surface area contributed by atoms with Gasteiger partial charge in [-0.2, -0.15) is 0 Å². The Morgan fingerprint density at radius 3 is 2.77 bits per heavy atom. The Labute approximate surface area is 152 Å². The number of thioether (sulfide) groups is 1. The van der Waals surface area contributed by atoms with E-state index in [2.05, 4.69) is 14.9 Å². The Kier molecular flexibility index (Phi) is 5.28. The molecule has 9 heteroatoms. The van der Waals surface area contributed by atoms with Crippen molar-refractivity contribution in [1.82, 2.24) is 10.2 Å². The van der Waals surface area contributed by atoms with Crippen LogP contribution in [-0.4, -0.2) is 28.2 Å². The van der Waals surface area contributed by atoms with Crippen LogP contribution in [0.1, 0.15) is 16.3 Å². The van der Waals surface area contributed by atoms with Crippen LogP contribution in [0.25, 0.3) is 11.3 Å². The molecule has 26 heavy (non-hydrogen) atoms. The normalized spacial score (nSPS) is 10.5. The number of aromatic nitrogens is 2. The third kappa shape index (κ3) is 4.06. The topological polar surface area (TPSA) is 108 Å². The van der Waals surface area contributed by atoms with Gasteiger partial charge in [0.25, 0.3) is 5.69 Å². The number of hydrogen-bond donors (Lipinski definition) is 0. The van der Waals surface area contributed by atoms with Crippen molar-refractivity contribution in [3.63, 3.8) is 0 Å². The summed E-state index contributed by atoms with van der Waals surface area (Å²) < 4.78 is 9.97. The van der Waals surface area contributed by atoms with Crippen LogP contribution in [0.15, 0.2) is 58.0 Å². The lowest BCUT2D eigenvalue weighted by molar-refractivity contribution is -0.384. The molecule has 0 fully saturated rings. The average molecular weight is 371 g/mol. The number of benzene rings is 1. The van der Waals surface area contributed by atoms with E-state index in [1.165, 1.54) is 31.0 Å². The summed E-state index contributed by atoms with van der Waals surface area (Å²) in [5, 5.41) is 19.7. The van der Waals surface area contributed by atoms with Gasteiger partial charge in [0.2, 0.25) is 5.76 Å². The first-order valence-electron chi connectivity index (χ1n) is 7.45. The van der Waals surface area contributed by atoms with Gasteiger partial charge in [-0.3, -0.25) is 10.1 Å². The van der Waals surface area contributed by atoms with Crippen molar-refractivity contribution < 1.29 is 18.9 Å².